The molecule has 1 aliphatic carbocycles. The van der Waals surface area contributed by atoms with E-state index in [0.29, 0.717) is 0 Å². The Morgan fingerprint density at radius 3 is 2.24 bits per heavy atom. The highest BCUT2D eigenvalue weighted by Crippen LogP contribution is 2.54. The van der Waals surface area contributed by atoms with Gasteiger partial charge in [-0.1, -0.05) is 19.9 Å². The lowest BCUT2D eigenvalue weighted by Crippen LogP contribution is -2.50. The number of halogens is 3. The van der Waals surface area contributed by atoms with E-state index in [1.165, 1.54) is 0 Å². The van der Waals surface area contributed by atoms with Gasteiger partial charge in [-0.3, -0.25) is 0 Å². The van der Waals surface area contributed by atoms with Crippen LogP contribution in [0.4, 0.5) is 8.78 Å². The van der Waals surface area contributed by atoms with E-state index in [0.717, 1.165) is 14.7 Å². The summed E-state index contributed by atoms with van der Waals surface area (Å²) in [6, 6.07) is 5.83. The number of hydrogen-bond donors (Lipinski definition) is 0. The number of hydrogen-bond acceptors (Lipinski definition) is 0. The van der Waals surface area contributed by atoms with Gasteiger partial charge in [0.2, 0.25) is 0 Å². The van der Waals surface area contributed by atoms with E-state index >= 15 is 0 Å². The zero-order valence-electron chi connectivity index (χ0n) is 10.6. The summed E-state index contributed by atoms with van der Waals surface area (Å²) in [5, 5.41) is 0. The molecule has 94 valence electrons. The Kier molecular flexibility index (Phi) is 2.85. The Hall–Kier alpha value is -0.190. The molecule has 0 heterocycles. The molecule has 0 N–H and O–H groups in total. The van der Waals surface area contributed by atoms with Gasteiger partial charge >= 0.3 is 0 Å². The molecule has 0 aromatic heterocycles. The maximum Gasteiger partial charge on any atom is 0.257 e. The fourth-order valence-corrected chi connectivity index (χ4v) is 3.18. The molecule has 3 heteroatoms. The van der Waals surface area contributed by atoms with E-state index in [4.69, 9.17) is 0 Å². The van der Waals surface area contributed by atoms with Gasteiger partial charge in [0.1, 0.15) is 0 Å². The minimum absolute atomic E-state index is 0.0832. The summed E-state index contributed by atoms with van der Waals surface area (Å²) in [7, 11) is 0. The summed E-state index contributed by atoms with van der Waals surface area (Å²) in [4.78, 5) is 0. The monoisotopic (exact) mass is 350 g/mol. The van der Waals surface area contributed by atoms with Crippen molar-refractivity contribution in [3.63, 3.8) is 0 Å². The van der Waals surface area contributed by atoms with Crippen LogP contribution in [0, 0.1) is 3.57 Å². The van der Waals surface area contributed by atoms with Crippen LogP contribution in [-0.4, -0.2) is 5.92 Å². The molecule has 0 nitrogen and oxygen atoms in total. The molecule has 2 rings (SSSR count). The van der Waals surface area contributed by atoms with Crippen molar-refractivity contribution in [1.29, 1.82) is 0 Å². The highest BCUT2D eigenvalue weighted by molar-refractivity contribution is 14.1. The number of rotatable bonds is 0. The van der Waals surface area contributed by atoms with Crippen LogP contribution in [0.2, 0.25) is 0 Å². The Balaban J connectivity index is 2.73. The van der Waals surface area contributed by atoms with Crippen LogP contribution in [0.15, 0.2) is 18.2 Å². The maximum absolute atomic E-state index is 14.3. The average molecular weight is 350 g/mol. The lowest BCUT2D eigenvalue weighted by atomic mass is 9.61. The average Bonchev–Trinajstić information content (AvgIpc) is 2.13. The van der Waals surface area contributed by atoms with Gasteiger partial charge in [-0.05, 0) is 65.1 Å². The molecule has 0 radical (unpaired) electrons. The number of benzene rings is 1. The van der Waals surface area contributed by atoms with E-state index in [9.17, 15) is 8.78 Å². The van der Waals surface area contributed by atoms with Crippen LogP contribution in [0.5, 0.6) is 0 Å². The first-order valence-corrected chi connectivity index (χ1v) is 6.84. The van der Waals surface area contributed by atoms with E-state index in [-0.39, 0.29) is 6.42 Å². The number of fused-ring (bicyclic) bond motifs is 1. The fourth-order valence-electron chi connectivity index (χ4n) is 2.69. The van der Waals surface area contributed by atoms with E-state index in [2.05, 4.69) is 22.6 Å². The minimum Gasteiger partial charge on any atom is -0.206 e. The van der Waals surface area contributed by atoms with Crippen molar-refractivity contribution < 1.29 is 8.78 Å². The third-order valence-corrected chi connectivity index (χ3v) is 4.63. The smallest absolute Gasteiger partial charge is 0.206 e. The molecule has 0 saturated carbocycles. The van der Waals surface area contributed by atoms with E-state index in [1.54, 1.807) is 13.8 Å². The molecule has 0 bridgehead atoms. The molecule has 1 aromatic carbocycles. The van der Waals surface area contributed by atoms with Gasteiger partial charge in [0.25, 0.3) is 5.92 Å². The van der Waals surface area contributed by atoms with Gasteiger partial charge < -0.3 is 0 Å². The van der Waals surface area contributed by atoms with Gasteiger partial charge in [-0.2, -0.15) is 0 Å². The summed E-state index contributed by atoms with van der Waals surface area (Å²) in [6.07, 6.45) is -0.0832. The zero-order chi connectivity index (χ0) is 13.1. The SMILES string of the molecule is CC1(C)CC(F)(F)C(C)(C)c2ccc(I)cc21. The van der Waals surface area contributed by atoms with Crippen molar-refractivity contribution in [2.24, 2.45) is 0 Å². The Morgan fingerprint density at radius 2 is 1.65 bits per heavy atom. The molecule has 0 unspecified atom stereocenters. The molecule has 0 spiro atoms. The third kappa shape index (κ3) is 1.90. The Bertz CT molecular complexity index is 461. The van der Waals surface area contributed by atoms with Gasteiger partial charge in [0.05, 0.1) is 5.41 Å². The first-order chi connectivity index (χ1) is 7.58. The van der Waals surface area contributed by atoms with Gasteiger partial charge in [0, 0.05) is 9.99 Å². The maximum atomic E-state index is 14.3. The van der Waals surface area contributed by atoms with Crippen molar-refractivity contribution in [1.82, 2.24) is 0 Å². The predicted molar refractivity (Wildman–Crippen MR) is 74.8 cm³/mol. The first kappa shape index (κ1) is 13.2. The summed E-state index contributed by atoms with van der Waals surface area (Å²) in [5.41, 5.74) is 0.317. The quantitative estimate of drug-likeness (QED) is 0.585. The summed E-state index contributed by atoms with van der Waals surface area (Å²) < 4.78 is 29.6. The van der Waals surface area contributed by atoms with Gasteiger partial charge in [0.15, 0.2) is 0 Å². The van der Waals surface area contributed by atoms with Crippen molar-refractivity contribution >= 4 is 22.6 Å². The fraction of sp³-hybridized carbons (Fsp3) is 0.571. The second-order valence-corrected chi connectivity index (χ2v) is 7.33. The van der Waals surface area contributed by atoms with Gasteiger partial charge in [-0.15, -0.1) is 0 Å². The Labute approximate surface area is 115 Å². The molecular weight excluding hydrogens is 333 g/mol. The third-order valence-electron chi connectivity index (χ3n) is 3.96. The van der Waals surface area contributed by atoms with Crippen molar-refractivity contribution in [3.8, 4) is 0 Å². The predicted octanol–water partition coefficient (Wildman–Crippen LogP) is 4.89. The minimum atomic E-state index is -2.66. The van der Waals surface area contributed by atoms with Crippen molar-refractivity contribution in [2.45, 2.75) is 50.9 Å². The molecule has 0 amide bonds. The molecule has 0 aliphatic heterocycles. The van der Waals surface area contributed by atoms with Crippen LogP contribution >= 0.6 is 22.6 Å². The van der Waals surface area contributed by atoms with Gasteiger partial charge in [-0.25, -0.2) is 8.78 Å². The Morgan fingerprint density at radius 1 is 1.06 bits per heavy atom. The molecular formula is C14H17F2I. The van der Waals surface area contributed by atoms with Crippen LogP contribution in [0.3, 0.4) is 0 Å². The molecule has 0 saturated heterocycles. The number of alkyl halides is 2. The first-order valence-electron chi connectivity index (χ1n) is 5.76. The highest BCUT2D eigenvalue weighted by atomic mass is 127. The second kappa shape index (κ2) is 3.65. The lowest BCUT2D eigenvalue weighted by Gasteiger charge is -2.47. The topological polar surface area (TPSA) is 0 Å². The summed E-state index contributed by atoms with van der Waals surface area (Å²) in [5.74, 6) is -2.66. The summed E-state index contributed by atoms with van der Waals surface area (Å²) in [6.45, 7) is 7.11. The molecule has 0 fully saturated rings. The normalized spacial score (nSPS) is 24.2. The van der Waals surface area contributed by atoms with Crippen LogP contribution < -0.4 is 0 Å². The van der Waals surface area contributed by atoms with E-state index < -0.39 is 16.8 Å². The summed E-state index contributed by atoms with van der Waals surface area (Å²) >= 11 is 2.24. The van der Waals surface area contributed by atoms with Crippen molar-refractivity contribution in [2.75, 3.05) is 0 Å². The standard InChI is InChI=1S/C14H17F2I/c1-12(2)8-14(15,16)13(3,4)10-6-5-9(17)7-11(10)12/h5-7H,8H2,1-4H3. The largest absolute Gasteiger partial charge is 0.257 e. The molecule has 1 aliphatic rings. The van der Waals surface area contributed by atoms with Crippen molar-refractivity contribution in [3.05, 3.63) is 32.9 Å². The zero-order valence-corrected chi connectivity index (χ0v) is 12.7. The lowest BCUT2D eigenvalue weighted by molar-refractivity contribution is -0.0954. The van der Waals surface area contributed by atoms with Crippen LogP contribution in [0.1, 0.15) is 45.2 Å². The highest BCUT2D eigenvalue weighted by Gasteiger charge is 2.56. The molecule has 17 heavy (non-hydrogen) atoms. The van der Waals surface area contributed by atoms with Crippen LogP contribution in [0.25, 0.3) is 0 Å². The molecule has 0 atom stereocenters. The van der Waals surface area contributed by atoms with Crippen LogP contribution in [-0.2, 0) is 10.8 Å². The second-order valence-electron chi connectivity index (χ2n) is 6.08. The molecule has 1 aromatic rings. The van der Waals surface area contributed by atoms with E-state index in [1.807, 2.05) is 32.0 Å².